The summed E-state index contributed by atoms with van der Waals surface area (Å²) in [6.45, 7) is 7.37. The summed E-state index contributed by atoms with van der Waals surface area (Å²) in [5, 5.41) is 7.65. The Labute approximate surface area is 202 Å². The first-order chi connectivity index (χ1) is 16.5. The summed E-state index contributed by atoms with van der Waals surface area (Å²) in [5.41, 5.74) is 2.50. The maximum atomic E-state index is 12.7. The Balaban J connectivity index is 1.40. The number of carbonyl (C=O) groups is 1. The van der Waals surface area contributed by atoms with Crippen LogP contribution in [-0.2, 0) is 6.42 Å². The summed E-state index contributed by atoms with van der Waals surface area (Å²) >= 11 is 1.59. The molecule has 0 bridgehead atoms. The van der Waals surface area contributed by atoms with E-state index in [0.717, 1.165) is 26.8 Å². The van der Waals surface area contributed by atoms with Gasteiger partial charge in [0.15, 0.2) is 17.3 Å². The van der Waals surface area contributed by atoms with E-state index < -0.39 is 0 Å². The standard InChI is InChI=1S/C25H28N4O4S/c1-5-32-20-12-9-18(15-21(20)33-6-2)24(30)26-14-13-22-16(3)29-25(34-22)27-23(28-29)17-7-10-19(31-4)11-8-17/h7-12,15H,5-6,13-14H2,1-4H3,(H,26,30). The minimum absolute atomic E-state index is 0.150. The summed E-state index contributed by atoms with van der Waals surface area (Å²) in [6, 6.07) is 12.9. The van der Waals surface area contributed by atoms with Crippen molar-refractivity contribution in [2.45, 2.75) is 27.2 Å². The molecule has 9 heteroatoms. The van der Waals surface area contributed by atoms with Crippen LogP contribution in [0.5, 0.6) is 17.2 Å². The first kappa shape index (κ1) is 23.6. The average molecular weight is 481 g/mol. The molecule has 0 unspecified atom stereocenters. The van der Waals surface area contributed by atoms with Crippen molar-refractivity contribution in [1.82, 2.24) is 19.9 Å². The third-order valence-corrected chi connectivity index (χ3v) is 6.50. The SMILES string of the molecule is CCOc1ccc(C(=O)NCCc2sc3nc(-c4ccc(OC)cc4)nn3c2C)cc1OCC. The highest BCUT2D eigenvalue weighted by atomic mass is 32.1. The maximum Gasteiger partial charge on any atom is 0.251 e. The second-order valence-corrected chi connectivity index (χ2v) is 8.56. The van der Waals surface area contributed by atoms with E-state index in [1.165, 1.54) is 0 Å². The Kier molecular flexibility index (Phi) is 7.32. The number of ether oxygens (including phenoxy) is 3. The lowest BCUT2D eigenvalue weighted by Gasteiger charge is -2.12. The Hall–Kier alpha value is -3.59. The van der Waals surface area contributed by atoms with Crippen LogP contribution in [0.4, 0.5) is 0 Å². The van der Waals surface area contributed by atoms with E-state index in [4.69, 9.17) is 14.2 Å². The molecule has 0 aliphatic carbocycles. The molecule has 1 amide bonds. The molecule has 2 aromatic heterocycles. The summed E-state index contributed by atoms with van der Waals surface area (Å²) < 4.78 is 18.3. The average Bonchev–Trinajstić information content (AvgIpc) is 3.39. The molecule has 178 valence electrons. The monoisotopic (exact) mass is 480 g/mol. The van der Waals surface area contributed by atoms with Crippen LogP contribution in [0.15, 0.2) is 42.5 Å². The number of methoxy groups -OCH3 is 1. The summed E-state index contributed by atoms with van der Waals surface area (Å²) in [5.74, 6) is 2.54. The molecule has 2 aromatic carbocycles. The first-order valence-electron chi connectivity index (χ1n) is 11.2. The van der Waals surface area contributed by atoms with Gasteiger partial charge in [0.25, 0.3) is 5.91 Å². The molecule has 0 spiro atoms. The van der Waals surface area contributed by atoms with Gasteiger partial charge in [0, 0.05) is 29.0 Å². The summed E-state index contributed by atoms with van der Waals surface area (Å²) in [6.07, 6.45) is 0.695. The van der Waals surface area contributed by atoms with Crippen LogP contribution in [0.25, 0.3) is 16.3 Å². The van der Waals surface area contributed by atoms with Crippen molar-refractivity contribution in [1.29, 1.82) is 0 Å². The molecule has 34 heavy (non-hydrogen) atoms. The van der Waals surface area contributed by atoms with Gasteiger partial charge in [-0.2, -0.15) is 4.98 Å². The lowest BCUT2D eigenvalue weighted by atomic mass is 10.2. The van der Waals surface area contributed by atoms with Gasteiger partial charge in [-0.25, -0.2) is 4.52 Å². The van der Waals surface area contributed by atoms with Crippen LogP contribution in [0.1, 0.15) is 34.8 Å². The van der Waals surface area contributed by atoms with Gasteiger partial charge >= 0.3 is 0 Å². The minimum atomic E-state index is -0.150. The van der Waals surface area contributed by atoms with E-state index in [0.29, 0.717) is 49.1 Å². The molecule has 0 atom stereocenters. The van der Waals surface area contributed by atoms with Crippen LogP contribution in [0, 0.1) is 6.92 Å². The second kappa shape index (κ2) is 10.6. The van der Waals surface area contributed by atoms with Gasteiger partial charge in [0.2, 0.25) is 4.96 Å². The number of nitrogens with one attached hydrogen (secondary N) is 1. The normalized spacial score (nSPS) is 10.9. The number of amides is 1. The number of rotatable bonds is 10. The molecule has 0 saturated heterocycles. The Bertz CT molecular complexity index is 1280. The van der Waals surface area contributed by atoms with Gasteiger partial charge < -0.3 is 19.5 Å². The van der Waals surface area contributed by atoms with Gasteiger partial charge in [0.1, 0.15) is 5.75 Å². The topological polar surface area (TPSA) is 87.0 Å². The Morgan fingerprint density at radius 2 is 1.79 bits per heavy atom. The second-order valence-electron chi connectivity index (χ2n) is 7.50. The largest absolute Gasteiger partial charge is 0.497 e. The Morgan fingerprint density at radius 1 is 1.06 bits per heavy atom. The molecule has 4 aromatic rings. The number of aryl methyl sites for hydroxylation is 1. The van der Waals surface area contributed by atoms with Crippen molar-refractivity contribution in [3.63, 3.8) is 0 Å². The van der Waals surface area contributed by atoms with Gasteiger partial charge in [-0.3, -0.25) is 4.79 Å². The third-order valence-electron chi connectivity index (χ3n) is 5.30. The minimum Gasteiger partial charge on any atom is -0.497 e. The van der Waals surface area contributed by atoms with E-state index in [-0.39, 0.29) is 5.91 Å². The number of benzene rings is 2. The number of hydrogen-bond acceptors (Lipinski definition) is 7. The summed E-state index contributed by atoms with van der Waals surface area (Å²) in [7, 11) is 1.64. The fourth-order valence-electron chi connectivity index (χ4n) is 3.56. The number of aromatic nitrogens is 3. The fourth-order valence-corrected chi connectivity index (χ4v) is 4.62. The molecule has 0 aliphatic heterocycles. The van der Waals surface area contributed by atoms with Crippen molar-refractivity contribution in [3.8, 4) is 28.6 Å². The van der Waals surface area contributed by atoms with Gasteiger partial charge in [0.05, 0.1) is 26.0 Å². The van der Waals surface area contributed by atoms with E-state index in [9.17, 15) is 4.79 Å². The molecule has 8 nitrogen and oxygen atoms in total. The van der Waals surface area contributed by atoms with Gasteiger partial charge in [-0.15, -0.1) is 5.10 Å². The van der Waals surface area contributed by atoms with E-state index >= 15 is 0 Å². The smallest absolute Gasteiger partial charge is 0.251 e. The highest BCUT2D eigenvalue weighted by molar-refractivity contribution is 7.17. The molecular formula is C25H28N4O4S. The molecule has 1 N–H and O–H groups in total. The third kappa shape index (κ3) is 4.99. The lowest BCUT2D eigenvalue weighted by Crippen LogP contribution is -2.25. The number of fused-ring (bicyclic) bond motifs is 1. The van der Waals surface area contributed by atoms with Crippen molar-refractivity contribution in [2.24, 2.45) is 0 Å². The van der Waals surface area contributed by atoms with Gasteiger partial charge in [-0.1, -0.05) is 11.3 Å². The number of hydrogen-bond donors (Lipinski definition) is 1. The zero-order valence-corrected chi connectivity index (χ0v) is 20.6. The molecule has 0 saturated carbocycles. The van der Waals surface area contributed by atoms with Crippen molar-refractivity contribution < 1.29 is 19.0 Å². The number of thiazole rings is 1. The first-order valence-corrected chi connectivity index (χ1v) is 12.0. The van der Waals surface area contributed by atoms with Crippen molar-refractivity contribution in [3.05, 3.63) is 58.6 Å². The zero-order chi connectivity index (χ0) is 24.1. The Morgan fingerprint density at radius 3 is 2.47 bits per heavy atom. The van der Waals surface area contributed by atoms with E-state index in [1.54, 1.807) is 36.6 Å². The molecular weight excluding hydrogens is 452 g/mol. The van der Waals surface area contributed by atoms with E-state index in [1.807, 2.05) is 49.6 Å². The van der Waals surface area contributed by atoms with Crippen molar-refractivity contribution >= 4 is 22.2 Å². The quantitative estimate of drug-likeness (QED) is 0.359. The predicted molar refractivity (Wildman–Crippen MR) is 132 cm³/mol. The van der Waals surface area contributed by atoms with Crippen molar-refractivity contribution in [2.75, 3.05) is 26.9 Å². The van der Waals surface area contributed by atoms with Gasteiger partial charge in [-0.05, 0) is 63.2 Å². The van der Waals surface area contributed by atoms with Crippen LogP contribution >= 0.6 is 11.3 Å². The zero-order valence-electron chi connectivity index (χ0n) is 19.8. The molecule has 0 aliphatic rings. The molecule has 2 heterocycles. The maximum absolute atomic E-state index is 12.7. The molecule has 0 fully saturated rings. The number of carbonyl (C=O) groups excluding carboxylic acids is 1. The lowest BCUT2D eigenvalue weighted by molar-refractivity contribution is 0.0953. The fraction of sp³-hybridized carbons (Fsp3) is 0.320. The molecule has 4 rings (SSSR count). The highest BCUT2D eigenvalue weighted by Gasteiger charge is 2.16. The summed E-state index contributed by atoms with van der Waals surface area (Å²) in [4.78, 5) is 19.3. The van der Waals surface area contributed by atoms with Crippen LogP contribution in [0.3, 0.4) is 0 Å². The number of nitrogens with zero attached hydrogens (tertiary/aromatic N) is 3. The van der Waals surface area contributed by atoms with E-state index in [2.05, 4.69) is 15.4 Å². The predicted octanol–water partition coefficient (Wildman–Crippen LogP) is 4.54. The van der Waals surface area contributed by atoms with Crippen LogP contribution in [-0.4, -0.2) is 47.4 Å². The molecule has 0 radical (unpaired) electrons. The highest BCUT2D eigenvalue weighted by Crippen LogP contribution is 2.29. The van der Waals surface area contributed by atoms with Crippen LogP contribution in [0.2, 0.25) is 0 Å². The van der Waals surface area contributed by atoms with Crippen LogP contribution < -0.4 is 19.5 Å².